The molecule has 1 saturated heterocycles. The lowest BCUT2D eigenvalue weighted by atomic mass is 10.2. The van der Waals surface area contributed by atoms with E-state index < -0.39 is 0 Å². The van der Waals surface area contributed by atoms with Crippen molar-refractivity contribution in [3.05, 3.63) is 35.1 Å². The number of pyridine rings is 1. The third-order valence-corrected chi connectivity index (χ3v) is 4.71. The van der Waals surface area contributed by atoms with Gasteiger partial charge in [-0.1, -0.05) is 17.4 Å². The summed E-state index contributed by atoms with van der Waals surface area (Å²) in [6, 6.07) is 5.85. The van der Waals surface area contributed by atoms with Crippen molar-refractivity contribution in [3.8, 4) is 0 Å². The molecule has 3 heterocycles. The van der Waals surface area contributed by atoms with Gasteiger partial charge >= 0.3 is 0 Å². The molecule has 8 heteroatoms. The minimum atomic E-state index is -0.0893. The van der Waals surface area contributed by atoms with E-state index in [0.717, 1.165) is 43.1 Å². The number of likely N-dealkylation sites (N-methyl/N-ethyl adjacent to an activating group) is 1. The molecule has 1 N–H and O–H groups in total. The number of hydrogen-bond donors (Lipinski definition) is 1. The van der Waals surface area contributed by atoms with Crippen molar-refractivity contribution in [2.45, 2.75) is 25.4 Å². The Morgan fingerprint density at radius 1 is 1.46 bits per heavy atom. The number of carbonyl (C=O) groups is 1. The first-order chi connectivity index (χ1) is 11.7. The molecular formula is C16H21N5O2S. The second-order valence-corrected chi connectivity index (χ2v) is 6.81. The highest BCUT2D eigenvalue weighted by molar-refractivity contribution is 7.15. The summed E-state index contributed by atoms with van der Waals surface area (Å²) in [6.07, 6.45) is 4.65. The van der Waals surface area contributed by atoms with Gasteiger partial charge in [-0.3, -0.25) is 20.0 Å². The number of nitrogens with one attached hydrogen (secondary N) is 1. The van der Waals surface area contributed by atoms with E-state index in [1.165, 1.54) is 11.3 Å². The number of ether oxygens (including phenoxy) is 1. The second-order valence-electron chi connectivity index (χ2n) is 5.80. The highest BCUT2D eigenvalue weighted by Crippen LogP contribution is 2.31. The Morgan fingerprint density at radius 3 is 3.12 bits per heavy atom. The van der Waals surface area contributed by atoms with Gasteiger partial charge in [0.25, 0.3) is 0 Å². The number of amides is 1. The average Bonchev–Trinajstić information content (AvgIpc) is 3.25. The van der Waals surface area contributed by atoms with Crippen LogP contribution in [-0.4, -0.2) is 52.7 Å². The van der Waals surface area contributed by atoms with Crippen LogP contribution in [-0.2, 0) is 16.0 Å². The van der Waals surface area contributed by atoms with Gasteiger partial charge in [0.05, 0.1) is 6.54 Å². The standard InChI is InChI=1S/C16H21N5O2S/c1-21(9-7-12-5-2-3-8-17-12)11-14(22)18-16-20-19-15(24-16)13-6-4-10-23-13/h2-3,5,8,13H,4,6-7,9-11H2,1H3,(H,18,20,22). The van der Waals surface area contributed by atoms with Gasteiger partial charge in [-0.05, 0) is 32.0 Å². The van der Waals surface area contributed by atoms with E-state index in [1.54, 1.807) is 6.20 Å². The van der Waals surface area contributed by atoms with Crippen molar-refractivity contribution in [3.63, 3.8) is 0 Å². The molecule has 1 aliphatic heterocycles. The largest absolute Gasteiger partial charge is 0.371 e. The van der Waals surface area contributed by atoms with Crippen molar-refractivity contribution < 1.29 is 9.53 Å². The molecule has 1 amide bonds. The van der Waals surface area contributed by atoms with Gasteiger partial charge in [0.15, 0.2) is 0 Å². The van der Waals surface area contributed by atoms with Gasteiger partial charge in [-0.2, -0.15) is 0 Å². The molecule has 7 nitrogen and oxygen atoms in total. The monoisotopic (exact) mass is 347 g/mol. The fourth-order valence-electron chi connectivity index (χ4n) is 2.52. The molecule has 2 aromatic rings. The maximum Gasteiger partial charge on any atom is 0.240 e. The third kappa shape index (κ3) is 4.80. The maximum absolute atomic E-state index is 12.1. The molecule has 0 saturated carbocycles. The smallest absolute Gasteiger partial charge is 0.240 e. The first kappa shape index (κ1) is 16.9. The number of nitrogens with zero attached hydrogens (tertiary/aromatic N) is 4. The topological polar surface area (TPSA) is 80.2 Å². The summed E-state index contributed by atoms with van der Waals surface area (Å²) in [7, 11) is 1.92. The van der Waals surface area contributed by atoms with Gasteiger partial charge in [0, 0.05) is 31.5 Å². The van der Waals surface area contributed by atoms with E-state index in [9.17, 15) is 4.79 Å². The summed E-state index contributed by atoms with van der Waals surface area (Å²) in [5.74, 6) is -0.0893. The number of anilines is 1. The Hall–Kier alpha value is -1.90. The molecular weight excluding hydrogens is 326 g/mol. The van der Waals surface area contributed by atoms with E-state index in [-0.39, 0.29) is 12.0 Å². The number of aromatic nitrogens is 3. The average molecular weight is 347 g/mol. The zero-order valence-electron chi connectivity index (χ0n) is 13.6. The molecule has 1 unspecified atom stereocenters. The zero-order valence-corrected chi connectivity index (χ0v) is 14.5. The van der Waals surface area contributed by atoms with Crippen molar-refractivity contribution in [2.24, 2.45) is 0 Å². The number of hydrogen-bond acceptors (Lipinski definition) is 7. The van der Waals surface area contributed by atoms with Crippen LogP contribution in [0, 0.1) is 0 Å². The summed E-state index contributed by atoms with van der Waals surface area (Å²) in [6.45, 7) is 1.84. The van der Waals surface area contributed by atoms with Gasteiger partial charge in [0.2, 0.25) is 11.0 Å². The molecule has 24 heavy (non-hydrogen) atoms. The minimum Gasteiger partial charge on any atom is -0.371 e. The van der Waals surface area contributed by atoms with Crippen LogP contribution >= 0.6 is 11.3 Å². The van der Waals surface area contributed by atoms with Crippen LogP contribution in [0.1, 0.15) is 29.6 Å². The molecule has 0 spiro atoms. The van der Waals surface area contributed by atoms with Crippen molar-refractivity contribution in [1.29, 1.82) is 0 Å². The molecule has 0 aliphatic carbocycles. The summed E-state index contributed by atoms with van der Waals surface area (Å²) >= 11 is 1.39. The molecule has 1 fully saturated rings. The van der Waals surface area contributed by atoms with E-state index in [2.05, 4.69) is 20.5 Å². The van der Waals surface area contributed by atoms with Crippen molar-refractivity contribution in [2.75, 3.05) is 32.1 Å². The van der Waals surface area contributed by atoms with Gasteiger partial charge in [-0.25, -0.2) is 0 Å². The van der Waals surface area contributed by atoms with Crippen LogP contribution in [0.4, 0.5) is 5.13 Å². The van der Waals surface area contributed by atoms with E-state index in [0.29, 0.717) is 11.7 Å². The lowest BCUT2D eigenvalue weighted by molar-refractivity contribution is -0.117. The molecule has 1 atom stereocenters. The van der Waals surface area contributed by atoms with Crippen LogP contribution in [0.5, 0.6) is 0 Å². The SMILES string of the molecule is CN(CCc1ccccn1)CC(=O)Nc1nnc(C2CCCO2)s1. The van der Waals surface area contributed by atoms with Crippen LogP contribution in [0.15, 0.2) is 24.4 Å². The zero-order chi connectivity index (χ0) is 16.8. The lowest BCUT2D eigenvalue weighted by Crippen LogP contribution is -2.31. The highest BCUT2D eigenvalue weighted by atomic mass is 32.1. The van der Waals surface area contributed by atoms with Crippen LogP contribution < -0.4 is 5.32 Å². The van der Waals surface area contributed by atoms with Crippen LogP contribution in [0.2, 0.25) is 0 Å². The molecule has 0 radical (unpaired) electrons. The lowest BCUT2D eigenvalue weighted by Gasteiger charge is -2.15. The predicted molar refractivity (Wildman–Crippen MR) is 91.9 cm³/mol. The quantitative estimate of drug-likeness (QED) is 0.824. The van der Waals surface area contributed by atoms with E-state index in [4.69, 9.17) is 4.74 Å². The minimum absolute atomic E-state index is 0.0363. The molecule has 0 bridgehead atoms. The summed E-state index contributed by atoms with van der Waals surface area (Å²) in [4.78, 5) is 18.4. The molecule has 2 aromatic heterocycles. The van der Waals surface area contributed by atoms with E-state index in [1.807, 2.05) is 30.1 Å². The number of rotatable bonds is 7. The number of carbonyl (C=O) groups excluding carboxylic acids is 1. The molecule has 3 rings (SSSR count). The van der Waals surface area contributed by atoms with Gasteiger partial charge in [-0.15, -0.1) is 10.2 Å². The Morgan fingerprint density at radius 2 is 2.38 bits per heavy atom. The summed E-state index contributed by atoms with van der Waals surface area (Å²) in [5.41, 5.74) is 1.02. The van der Waals surface area contributed by atoms with Gasteiger partial charge < -0.3 is 4.74 Å². The fraction of sp³-hybridized carbons (Fsp3) is 0.500. The maximum atomic E-state index is 12.1. The van der Waals surface area contributed by atoms with Crippen LogP contribution in [0.25, 0.3) is 0 Å². The van der Waals surface area contributed by atoms with Crippen LogP contribution in [0.3, 0.4) is 0 Å². The third-order valence-electron chi connectivity index (χ3n) is 3.78. The molecule has 1 aliphatic rings. The summed E-state index contributed by atoms with van der Waals surface area (Å²) < 4.78 is 5.58. The fourth-order valence-corrected chi connectivity index (χ4v) is 3.37. The molecule has 128 valence electrons. The molecule has 0 aromatic carbocycles. The highest BCUT2D eigenvalue weighted by Gasteiger charge is 2.22. The van der Waals surface area contributed by atoms with Crippen molar-refractivity contribution >= 4 is 22.4 Å². The Bertz CT molecular complexity index is 657. The first-order valence-electron chi connectivity index (χ1n) is 8.04. The van der Waals surface area contributed by atoms with E-state index >= 15 is 0 Å². The van der Waals surface area contributed by atoms with Crippen molar-refractivity contribution in [1.82, 2.24) is 20.1 Å². The Kier molecular flexibility index (Phi) is 5.84. The second kappa shape index (κ2) is 8.27. The Balaban J connectivity index is 1.43. The predicted octanol–water partition coefficient (Wildman–Crippen LogP) is 1.90. The first-order valence-corrected chi connectivity index (χ1v) is 8.85. The Labute approximate surface area is 145 Å². The normalized spacial score (nSPS) is 17.3. The van der Waals surface area contributed by atoms with Gasteiger partial charge in [0.1, 0.15) is 11.1 Å². The summed E-state index contributed by atoms with van der Waals surface area (Å²) in [5, 5.41) is 12.3.